The van der Waals surface area contributed by atoms with Gasteiger partial charge in [-0.2, -0.15) is 13.2 Å². The predicted molar refractivity (Wildman–Crippen MR) is 146 cm³/mol. The summed E-state index contributed by atoms with van der Waals surface area (Å²) in [6, 6.07) is 8.78. The maximum atomic E-state index is 14.2. The third-order valence-corrected chi connectivity index (χ3v) is 8.74. The highest BCUT2D eigenvalue weighted by molar-refractivity contribution is 6.42. The molecule has 214 valence electrons. The number of rotatable bonds is 7. The molecule has 2 aromatic carbocycles. The van der Waals surface area contributed by atoms with Crippen LogP contribution in [0.1, 0.15) is 35.4 Å². The molecule has 0 bridgehead atoms. The summed E-state index contributed by atoms with van der Waals surface area (Å²) in [5.41, 5.74) is 0.0567. The number of nitrogens with zero attached hydrogens (tertiary/aromatic N) is 4. The molecule has 2 aromatic rings. The summed E-state index contributed by atoms with van der Waals surface area (Å²) in [6.45, 7) is 3.20. The van der Waals surface area contributed by atoms with Crippen molar-refractivity contribution in [3.63, 3.8) is 0 Å². The van der Waals surface area contributed by atoms with Gasteiger partial charge in [-0.05, 0) is 69.4 Å². The van der Waals surface area contributed by atoms with Gasteiger partial charge in [-0.3, -0.25) is 14.6 Å². The number of alkyl halides is 3. The van der Waals surface area contributed by atoms with Crippen LogP contribution in [0.5, 0.6) is 0 Å². The summed E-state index contributed by atoms with van der Waals surface area (Å²) in [5.74, 6) is -1.36. The zero-order valence-corrected chi connectivity index (χ0v) is 23.8. The number of likely N-dealkylation sites (N-methyl/N-ethyl adjacent to an activating group) is 1. The molecule has 0 saturated carbocycles. The Morgan fingerprint density at radius 3 is 2.28 bits per heavy atom. The number of halogens is 6. The van der Waals surface area contributed by atoms with E-state index in [9.17, 15) is 22.4 Å². The van der Waals surface area contributed by atoms with Crippen LogP contribution in [0.4, 0.5) is 17.6 Å². The lowest BCUT2D eigenvalue weighted by atomic mass is 9.93. The molecule has 0 radical (unpaired) electrons. The minimum atomic E-state index is -4.75. The van der Waals surface area contributed by atoms with E-state index in [4.69, 9.17) is 23.2 Å². The van der Waals surface area contributed by atoms with E-state index in [0.717, 1.165) is 43.6 Å². The molecule has 0 aromatic heterocycles. The monoisotopic (exact) mass is 588 g/mol. The van der Waals surface area contributed by atoms with Gasteiger partial charge >= 0.3 is 6.18 Å². The van der Waals surface area contributed by atoms with Crippen LogP contribution >= 0.6 is 23.2 Å². The van der Waals surface area contributed by atoms with Gasteiger partial charge in [-0.25, -0.2) is 4.39 Å². The zero-order valence-electron chi connectivity index (χ0n) is 22.3. The molecule has 4 rings (SSSR count). The zero-order chi connectivity index (χ0) is 28.5. The van der Waals surface area contributed by atoms with E-state index < -0.39 is 17.6 Å². The van der Waals surface area contributed by atoms with Crippen molar-refractivity contribution in [3.05, 3.63) is 69.0 Å². The van der Waals surface area contributed by atoms with Crippen molar-refractivity contribution in [1.82, 2.24) is 19.6 Å². The molecule has 2 aliphatic heterocycles. The minimum absolute atomic E-state index is 0.0415. The van der Waals surface area contributed by atoms with E-state index in [2.05, 4.69) is 23.9 Å². The van der Waals surface area contributed by atoms with Gasteiger partial charge in [-0.15, -0.1) is 0 Å². The predicted octanol–water partition coefficient (Wildman–Crippen LogP) is 5.60. The second-order valence-corrected chi connectivity index (χ2v) is 11.7. The van der Waals surface area contributed by atoms with Crippen LogP contribution in [0, 0.1) is 5.82 Å². The molecule has 39 heavy (non-hydrogen) atoms. The number of piperidine rings is 1. The van der Waals surface area contributed by atoms with Crippen LogP contribution < -0.4 is 0 Å². The largest absolute Gasteiger partial charge is 0.419 e. The van der Waals surface area contributed by atoms with E-state index >= 15 is 0 Å². The van der Waals surface area contributed by atoms with E-state index in [0.29, 0.717) is 41.3 Å². The average molecular weight is 590 g/mol. The van der Waals surface area contributed by atoms with Crippen molar-refractivity contribution in [2.45, 2.75) is 43.6 Å². The van der Waals surface area contributed by atoms with E-state index in [-0.39, 0.29) is 24.4 Å². The van der Waals surface area contributed by atoms with Crippen LogP contribution in [0.15, 0.2) is 36.4 Å². The SMILES string of the molecule is CN(C)C1CCN(CC(=O)N2CC(c3ccc(Cl)c(Cl)c3)C(N(C)Cc3ccc(C(F)(F)F)c(F)c3)C2)CC1. The summed E-state index contributed by atoms with van der Waals surface area (Å²) in [6.07, 6.45) is -2.72. The molecular formula is C28H34Cl2F4N4O. The number of carbonyl (C=O) groups excluding carboxylic acids is 1. The summed E-state index contributed by atoms with van der Waals surface area (Å²) >= 11 is 12.4. The molecule has 1 amide bonds. The molecule has 2 atom stereocenters. The second kappa shape index (κ2) is 12.3. The summed E-state index contributed by atoms with van der Waals surface area (Å²) in [4.78, 5) is 21.6. The van der Waals surface area contributed by atoms with Gasteiger partial charge in [0.2, 0.25) is 5.91 Å². The Morgan fingerprint density at radius 1 is 1.00 bits per heavy atom. The van der Waals surface area contributed by atoms with Gasteiger partial charge in [0.15, 0.2) is 0 Å². The van der Waals surface area contributed by atoms with Gasteiger partial charge in [0.25, 0.3) is 0 Å². The molecule has 0 spiro atoms. The summed E-state index contributed by atoms with van der Waals surface area (Å²) in [5, 5.41) is 0.839. The van der Waals surface area contributed by atoms with Gasteiger partial charge < -0.3 is 9.80 Å². The van der Waals surface area contributed by atoms with Crippen molar-refractivity contribution in [1.29, 1.82) is 0 Å². The minimum Gasteiger partial charge on any atom is -0.339 e. The molecule has 2 unspecified atom stereocenters. The fourth-order valence-corrected chi connectivity index (χ4v) is 5.99. The Morgan fingerprint density at radius 2 is 1.69 bits per heavy atom. The first-order chi connectivity index (χ1) is 18.3. The molecular weight excluding hydrogens is 555 g/mol. The van der Waals surface area contributed by atoms with Crippen LogP contribution in [-0.2, 0) is 17.5 Å². The lowest BCUT2D eigenvalue weighted by Crippen LogP contribution is -2.46. The normalized spacial score (nSPS) is 21.4. The van der Waals surface area contributed by atoms with Crippen molar-refractivity contribution < 1.29 is 22.4 Å². The molecule has 5 nitrogen and oxygen atoms in total. The third kappa shape index (κ3) is 7.24. The molecule has 2 aliphatic rings. The van der Waals surface area contributed by atoms with Gasteiger partial charge in [0.1, 0.15) is 5.82 Å². The third-order valence-electron chi connectivity index (χ3n) is 8.00. The molecule has 0 aliphatic carbocycles. The van der Waals surface area contributed by atoms with Crippen molar-refractivity contribution in [2.75, 3.05) is 53.9 Å². The highest BCUT2D eigenvalue weighted by Gasteiger charge is 2.39. The van der Waals surface area contributed by atoms with E-state index in [1.807, 2.05) is 22.9 Å². The lowest BCUT2D eigenvalue weighted by molar-refractivity contribution is -0.140. The first kappa shape index (κ1) is 30.1. The summed E-state index contributed by atoms with van der Waals surface area (Å²) < 4.78 is 53.3. The fraction of sp³-hybridized carbons (Fsp3) is 0.536. The quantitative estimate of drug-likeness (QED) is 0.394. The second-order valence-electron chi connectivity index (χ2n) is 10.8. The van der Waals surface area contributed by atoms with Gasteiger partial charge in [0.05, 0.1) is 22.2 Å². The highest BCUT2D eigenvalue weighted by Crippen LogP contribution is 2.36. The molecule has 2 heterocycles. The average Bonchev–Trinajstić information content (AvgIpc) is 3.31. The van der Waals surface area contributed by atoms with Crippen LogP contribution in [0.25, 0.3) is 0 Å². The van der Waals surface area contributed by atoms with Crippen molar-refractivity contribution in [2.24, 2.45) is 0 Å². The van der Waals surface area contributed by atoms with Gasteiger partial charge in [-0.1, -0.05) is 35.3 Å². The van der Waals surface area contributed by atoms with Gasteiger partial charge in [0, 0.05) is 50.7 Å². The topological polar surface area (TPSA) is 30.0 Å². The Hall–Kier alpha value is -1.91. The maximum absolute atomic E-state index is 14.2. The smallest absolute Gasteiger partial charge is 0.339 e. The maximum Gasteiger partial charge on any atom is 0.419 e. The van der Waals surface area contributed by atoms with Crippen molar-refractivity contribution >= 4 is 29.1 Å². The van der Waals surface area contributed by atoms with Crippen molar-refractivity contribution in [3.8, 4) is 0 Å². The first-order valence-corrected chi connectivity index (χ1v) is 13.8. The Kier molecular flexibility index (Phi) is 9.49. The number of amides is 1. The number of hydrogen-bond donors (Lipinski definition) is 0. The molecule has 2 saturated heterocycles. The molecule has 11 heteroatoms. The van der Waals surface area contributed by atoms with E-state index in [1.165, 1.54) is 6.07 Å². The molecule has 0 N–H and O–H groups in total. The van der Waals surface area contributed by atoms with Crippen LogP contribution in [0.2, 0.25) is 10.0 Å². The Balaban J connectivity index is 1.49. The lowest BCUT2D eigenvalue weighted by Gasteiger charge is -2.35. The van der Waals surface area contributed by atoms with Crippen LogP contribution in [-0.4, -0.2) is 91.5 Å². The number of hydrogen-bond acceptors (Lipinski definition) is 4. The summed E-state index contributed by atoms with van der Waals surface area (Å²) in [7, 11) is 5.99. The number of likely N-dealkylation sites (tertiary alicyclic amines) is 2. The fourth-order valence-electron chi connectivity index (χ4n) is 5.68. The van der Waals surface area contributed by atoms with Crippen LogP contribution in [0.3, 0.4) is 0 Å². The Bertz CT molecular complexity index is 1170. The van der Waals surface area contributed by atoms with E-state index in [1.54, 1.807) is 12.1 Å². The number of carbonyl (C=O) groups is 1. The standard InChI is InChI=1S/C28H34Cl2F4N4O/c1-35(2)20-8-10-37(11-9-20)17-27(39)38-15-21(19-5-7-23(29)24(30)13-19)26(16-38)36(3)14-18-4-6-22(25(31)12-18)28(32,33)34/h4-7,12-13,20-21,26H,8-11,14-17H2,1-3H3. The number of benzene rings is 2. The molecule has 2 fully saturated rings. The Labute approximate surface area is 237 Å². The first-order valence-electron chi connectivity index (χ1n) is 13.0. The highest BCUT2D eigenvalue weighted by atomic mass is 35.5.